The number of carbonyl (C=O) groups is 2. The Morgan fingerprint density at radius 2 is 1.90 bits per heavy atom. The molecular weight excluding hydrogens is 270 g/mol. The molecule has 1 aromatic rings. The van der Waals surface area contributed by atoms with E-state index < -0.39 is 6.04 Å². The number of aryl methyl sites for hydroxylation is 2. The van der Waals surface area contributed by atoms with Crippen LogP contribution in [0.3, 0.4) is 0 Å². The van der Waals surface area contributed by atoms with E-state index in [0.717, 1.165) is 32.4 Å². The average Bonchev–Trinajstić information content (AvgIpc) is 2.72. The monoisotopic (exact) mass is 293 g/mol. The number of piperidine rings is 1. The molecule has 0 bridgehead atoms. The summed E-state index contributed by atoms with van der Waals surface area (Å²) in [6.45, 7) is 4.99. The lowest BCUT2D eigenvalue weighted by atomic mass is 10.1. The first-order valence-corrected chi connectivity index (χ1v) is 7.30. The van der Waals surface area contributed by atoms with Gasteiger partial charge < -0.3 is 16.0 Å². The summed E-state index contributed by atoms with van der Waals surface area (Å²) in [6, 6.07) is -0.565. The number of nitrogens with zero attached hydrogens (tertiary/aromatic N) is 3. The van der Waals surface area contributed by atoms with Crippen molar-refractivity contribution in [1.82, 2.24) is 20.0 Å². The Bertz CT molecular complexity index is 546. The van der Waals surface area contributed by atoms with Crippen molar-refractivity contribution >= 4 is 17.5 Å². The lowest BCUT2D eigenvalue weighted by Gasteiger charge is -2.29. The predicted molar refractivity (Wildman–Crippen MR) is 79.7 cm³/mol. The van der Waals surface area contributed by atoms with Crippen LogP contribution in [-0.2, 0) is 11.8 Å². The maximum absolute atomic E-state index is 12.3. The minimum absolute atomic E-state index is 0.0412. The van der Waals surface area contributed by atoms with Gasteiger partial charge in [0.2, 0.25) is 5.91 Å². The van der Waals surface area contributed by atoms with Crippen LogP contribution in [0.4, 0.5) is 5.69 Å². The van der Waals surface area contributed by atoms with E-state index in [4.69, 9.17) is 5.73 Å². The first-order valence-electron chi connectivity index (χ1n) is 7.30. The van der Waals surface area contributed by atoms with Crippen LogP contribution in [0.15, 0.2) is 0 Å². The Morgan fingerprint density at radius 1 is 1.29 bits per heavy atom. The molecule has 1 unspecified atom stereocenters. The van der Waals surface area contributed by atoms with Crippen LogP contribution in [-0.4, -0.2) is 45.6 Å². The molecule has 1 aromatic heterocycles. The third-order valence-electron chi connectivity index (χ3n) is 3.87. The molecule has 0 aromatic carbocycles. The molecule has 1 atom stereocenters. The standard InChI is InChI=1S/C14H23N5O2/c1-9-11(15)12(18(3)17-9)13(20)16-10(2)14(21)19-7-5-4-6-8-19/h10H,4-8,15H2,1-3H3,(H,16,20). The van der Waals surface area contributed by atoms with Crippen LogP contribution in [0.5, 0.6) is 0 Å². The minimum atomic E-state index is -0.565. The maximum atomic E-state index is 12.3. The van der Waals surface area contributed by atoms with E-state index in [1.54, 1.807) is 20.9 Å². The minimum Gasteiger partial charge on any atom is -0.395 e. The molecule has 2 heterocycles. The molecule has 1 saturated heterocycles. The summed E-state index contributed by atoms with van der Waals surface area (Å²) in [5.41, 5.74) is 7.12. The molecule has 21 heavy (non-hydrogen) atoms. The van der Waals surface area contributed by atoms with Crippen LogP contribution < -0.4 is 11.1 Å². The first-order chi connectivity index (χ1) is 9.91. The number of nitrogens with two attached hydrogens (primary N) is 1. The highest BCUT2D eigenvalue weighted by molar-refractivity contribution is 6.00. The van der Waals surface area contributed by atoms with Crippen LogP contribution in [0.25, 0.3) is 0 Å². The van der Waals surface area contributed by atoms with Crippen molar-refractivity contribution in [3.8, 4) is 0 Å². The van der Waals surface area contributed by atoms with Gasteiger partial charge in [0.15, 0.2) is 0 Å². The normalized spacial score (nSPS) is 16.6. The number of hydrogen-bond acceptors (Lipinski definition) is 4. The summed E-state index contributed by atoms with van der Waals surface area (Å²) in [5.74, 6) is -0.408. The lowest BCUT2D eigenvalue weighted by Crippen LogP contribution is -2.48. The van der Waals surface area contributed by atoms with Gasteiger partial charge >= 0.3 is 0 Å². The fourth-order valence-electron chi connectivity index (χ4n) is 2.66. The smallest absolute Gasteiger partial charge is 0.272 e. The molecule has 1 aliphatic rings. The van der Waals surface area contributed by atoms with Crippen LogP contribution in [0, 0.1) is 6.92 Å². The van der Waals surface area contributed by atoms with E-state index in [1.165, 1.54) is 4.68 Å². The molecule has 116 valence electrons. The molecule has 2 amide bonds. The van der Waals surface area contributed by atoms with E-state index in [2.05, 4.69) is 10.4 Å². The zero-order valence-electron chi connectivity index (χ0n) is 12.8. The first kappa shape index (κ1) is 15.3. The van der Waals surface area contributed by atoms with Crippen molar-refractivity contribution in [2.45, 2.75) is 39.2 Å². The molecule has 7 nitrogen and oxygen atoms in total. The summed E-state index contributed by atoms with van der Waals surface area (Å²) in [6.07, 6.45) is 3.22. The van der Waals surface area contributed by atoms with Gasteiger partial charge in [-0.2, -0.15) is 5.10 Å². The average molecular weight is 293 g/mol. The van der Waals surface area contributed by atoms with Gasteiger partial charge in [0, 0.05) is 20.1 Å². The highest BCUT2D eigenvalue weighted by Crippen LogP contribution is 2.15. The third kappa shape index (κ3) is 3.17. The second-order valence-electron chi connectivity index (χ2n) is 5.55. The number of anilines is 1. The van der Waals surface area contributed by atoms with E-state index in [9.17, 15) is 9.59 Å². The summed E-state index contributed by atoms with van der Waals surface area (Å²) in [4.78, 5) is 26.4. The van der Waals surface area contributed by atoms with E-state index in [-0.39, 0.29) is 11.8 Å². The largest absolute Gasteiger partial charge is 0.395 e. The number of carbonyl (C=O) groups excluding carboxylic acids is 2. The number of amides is 2. The van der Waals surface area contributed by atoms with Gasteiger partial charge in [-0.3, -0.25) is 14.3 Å². The predicted octanol–water partition coefficient (Wildman–Crippen LogP) is 0.442. The second-order valence-corrected chi connectivity index (χ2v) is 5.55. The summed E-state index contributed by atoms with van der Waals surface area (Å²) in [5, 5.41) is 6.83. The van der Waals surface area contributed by atoms with Crippen molar-refractivity contribution in [3.05, 3.63) is 11.4 Å². The highest BCUT2D eigenvalue weighted by Gasteiger charge is 2.26. The molecule has 1 fully saturated rings. The Kier molecular flexibility index (Phi) is 4.50. The maximum Gasteiger partial charge on any atom is 0.272 e. The van der Waals surface area contributed by atoms with Crippen LogP contribution in [0.2, 0.25) is 0 Å². The quantitative estimate of drug-likeness (QED) is 0.845. The molecule has 0 radical (unpaired) electrons. The van der Waals surface area contributed by atoms with Gasteiger partial charge in [-0.15, -0.1) is 0 Å². The number of likely N-dealkylation sites (tertiary alicyclic amines) is 1. The summed E-state index contributed by atoms with van der Waals surface area (Å²) >= 11 is 0. The van der Waals surface area contributed by atoms with Crippen molar-refractivity contribution in [1.29, 1.82) is 0 Å². The van der Waals surface area contributed by atoms with Crippen LogP contribution >= 0.6 is 0 Å². The molecule has 3 N–H and O–H groups in total. The van der Waals surface area contributed by atoms with Crippen molar-refractivity contribution in [3.63, 3.8) is 0 Å². The van der Waals surface area contributed by atoms with Gasteiger partial charge in [0.1, 0.15) is 11.7 Å². The Morgan fingerprint density at radius 3 is 2.43 bits per heavy atom. The Balaban J connectivity index is 2.03. The van der Waals surface area contributed by atoms with Gasteiger partial charge in [-0.1, -0.05) is 0 Å². The SMILES string of the molecule is Cc1nn(C)c(C(=O)NC(C)C(=O)N2CCCCC2)c1N. The number of hydrogen-bond donors (Lipinski definition) is 2. The molecule has 1 aliphatic heterocycles. The van der Waals surface area contributed by atoms with Crippen molar-refractivity contribution in [2.24, 2.45) is 7.05 Å². The number of nitrogens with one attached hydrogen (secondary N) is 1. The van der Waals surface area contributed by atoms with Gasteiger partial charge in [-0.25, -0.2) is 0 Å². The summed E-state index contributed by atoms with van der Waals surface area (Å²) in [7, 11) is 1.66. The highest BCUT2D eigenvalue weighted by atomic mass is 16.2. The molecular formula is C14H23N5O2. The topological polar surface area (TPSA) is 93.2 Å². The van der Waals surface area contributed by atoms with E-state index >= 15 is 0 Å². The number of aromatic nitrogens is 2. The van der Waals surface area contributed by atoms with Gasteiger partial charge in [-0.05, 0) is 33.1 Å². The molecule has 0 saturated carbocycles. The second kappa shape index (κ2) is 6.15. The number of rotatable bonds is 3. The molecule has 7 heteroatoms. The Hall–Kier alpha value is -2.05. The zero-order chi connectivity index (χ0) is 15.6. The number of nitrogen functional groups attached to an aromatic ring is 1. The van der Waals surface area contributed by atoms with Gasteiger partial charge in [0.05, 0.1) is 11.4 Å². The van der Waals surface area contributed by atoms with Crippen molar-refractivity contribution in [2.75, 3.05) is 18.8 Å². The Labute approximate surface area is 124 Å². The van der Waals surface area contributed by atoms with E-state index in [0.29, 0.717) is 17.1 Å². The fourth-order valence-corrected chi connectivity index (χ4v) is 2.66. The van der Waals surface area contributed by atoms with Gasteiger partial charge in [0.25, 0.3) is 5.91 Å². The summed E-state index contributed by atoms with van der Waals surface area (Å²) < 4.78 is 1.44. The fraction of sp³-hybridized carbons (Fsp3) is 0.643. The van der Waals surface area contributed by atoms with Crippen LogP contribution in [0.1, 0.15) is 42.4 Å². The zero-order valence-corrected chi connectivity index (χ0v) is 12.8. The molecule has 0 aliphatic carbocycles. The van der Waals surface area contributed by atoms with Crippen molar-refractivity contribution < 1.29 is 9.59 Å². The van der Waals surface area contributed by atoms with E-state index in [1.807, 2.05) is 4.90 Å². The molecule has 2 rings (SSSR count). The molecule has 0 spiro atoms. The lowest BCUT2D eigenvalue weighted by molar-refractivity contribution is -0.133. The third-order valence-corrected chi connectivity index (χ3v) is 3.87.